The number of hydrogen-bond acceptors (Lipinski definition) is 7. The molecule has 0 aliphatic heterocycles. The van der Waals surface area contributed by atoms with Crippen LogP contribution in [0.2, 0.25) is 0 Å². The Morgan fingerprint density at radius 3 is 2.63 bits per heavy atom. The second-order valence-electron chi connectivity index (χ2n) is 4.59. The summed E-state index contributed by atoms with van der Waals surface area (Å²) in [4.78, 5) is 12.3. The van der Waals surface area contributed by atoms with Crippen molar-refractivity contribution in [2.24, 2.45) is 0 Å². The van der Waals surface area contributed by atoms with E-state index in [0.29, 0.717) is 18.6 Å². The molecule has 0 saturated heterocycles. The molecule has 19 heavy (non-hydrogen) atoms. The van der Waals surface area contributed by atoms with Gasteiger partial charge in [0.15, 0.2) is 0 Å². The van der Waals surface area contributed by atoms with Crippen LogP contribution in [-0.4, -0.2) is 39.1 Å². The van der Waals surface area contributed by atoms with Crippen LogP contribution in [-0.2, 0) is 0 Å². The van der Waals surface area contributed by atoms with Crippen LogP contribution in [0.3, 0.4) is 0 Å². The summed E-state index contributed by atoms with van der Waals surface area (Å²) in [6.07, 6.45) is 6.93. The minimum Gasteiger partial charge on any atom is -0.464 e. The Hall–Kier alpha value is -1.24. The minimum absolute atomic E-state index is 0.193. The molecule has 1 aromatic heterocycles. The summed E-state index contributed by atoms with van der Waals surface area (Å²) in [5.41, 5.74) is 5.65. The molecule has 0 unspecified atom stereocenters. The number of nitrogens with two attached hydrogens (primary N) is 1. The van der Waals surface area contributed by atoms with Crippen molar-refractivity contribution < 1.29 is 4.74 Å². The number of nitrogens with zero attached hydrogens (tertiary/aromatic N) is 3. The molecule has 0 aromatic carbocycles. The van der Waals surface area contributed by atoms with Crippen LogP contribution < -0.4 is 15.8 Å². The fourth-order valence-corrected chi connectivity index (χ4v) is 3.00. The molecular weight excluding hydrogens is 262 g/mol. The fourth-order valence-electron chi connectivity index (χ4n) is 2.26. The third-order valence-electron chi connectivity index (χ3n) is 3.25. The SMILES string of the molecule is CCOc1nc(N)nc(NC2CCC(SC)CC2)n1. The summed E-state index contributed by atoms with van der Waals surface area (Å²) < 4.78 is 5.27. The predicted molar refractivity (Wildman–Crippen MR) is 78.6 cm³/mol. The molecule has 106 valence electrons. The molecule has 0 spiro atoms. The largest absolute Gasteiger partial charge is 0.464 e. The molecule has 0 bridgehead atoms. The molecule has 0 amide bonds. The summed E-state index contributed by atoms with van der Waals surface area (Å²) in [6, 6.07) is 0.704. The van der Waals surface area contributed by atoms with E-state index in [9.17, 15) is 0 Å². The zero-order valence-corrected chi connectivity index (χ0v) is 12.2. The molecule has 3 N–H and O–H groups in total. The van der Waals surface area contributed by atoms with E-state index in [1.807, 2.05) is 18.7 Å². The lowest BCUT2D eigenvalue weighted by atomic mass is 9.95. The molecule has 6 nitrogen and oxygen atoms in total. The number of hydrogen-bond donors (Lipinski definition) is 2. The molecule has 0 radical (unpaired) electrons. The molecular formula is C12H21N5OS. The van der Waals surface area contributed by atoms with Gasteiger partial charge >= 0.3 is 6.01 Å². The topological polar surface area (TPSA) is 86.0 Å². The number of rotatable bonds is 5. The van der Waals surface area contributed by atoms with E-state index in [4.69, 9.17) is 10.5 Å². The van der Waals surface area contributed by atoms with Gasteiger partial charge in [0, 0.05) is 11.3 Å². The van der Waals surface area contributed by atoms with Crippen molar-refractivity contribution in [1.29, 1.82) is 0 Å². The lowest BCUT2D eigenvalue weighted by Gasteiger charge is -2.27. The highest BCUT2D eigenvalue weighted by Gasteiger charge is 2.21. The van der Waals surface area contributed by atoms with Crippen molar-refractivity contribution in [3.05, 3.63) is 0 Å². The van der Waals surface area contributed by atoms with Crippen molar-refractivity contribution in [2.45, 2.75) is 43.9 Å². The molecule has 1 heterocycles. The highest BCUT2D eigenvalue weighted by molar-refractivity contribution is 7.99. The highest BCUT2D eigenvalue weighted by Crippen LogP contribution is 2.28. The van der Waals surface area contributed by atoms with Crippen LogP contribution in [0.15, 0.2) is 0 Å². The lowest BCUT2D eigenvalue weighted by Crippen LogP contribution is -2.28. The van der Waals surface area contributed by atoms with Gasteiger partial charge in [-0.3, -0.25) is 0 Å². The van der Waals surface area contributed by atoms with Crippen LogP contribution in [0.25, 0.3) is 0 Å². The number of nitrogens with one attached hydrogen (secondary N) is 1. The normalized spacial score (nSPS) is 23.1. The standard InChI is InChI=1S/C12H21N5OS/c1-3-18-12-16-10(13)15-11(17-12)14-8-4-6-9(19-2)7-5-8/h8-9H,3-7H2,1-2H3,(H3,13,14,15,16,17). The highest BCUT2D eigenvalue weighted by atomic mass is 32.2. The summed E-state index contributed by atoms with van der Waals surface area (Å²) in [7, 11) is 0. The zero-order chi connectivity index (χ0) is 13.7. The van der Waals surface area contributed by atoms with E-state index >= 15 is 0 Å². The first-order valence-electron chi connectivity index (χ1n) is 6.65. The molecule has 0 atom stereocenters. The van der Waals surface area contributed by atoms with Crippen molar-refractivity contribution in [3.63, 3.8) is 0 Å². The molecule has 1 aliphatic rings. The van der Waals surface area contributed by atoms with E-state index in [2.05, 4.69) is 26.5 Å². The van der Waals surface area contributed by atoms with Crippen LogP contribution in [0, 0.1) is 0 Å². The maximum absolute atomic E-state index is 5.65. The van der Waals surface area contributed by atoms with Crippen LogP contribution in [0.5, 0.6) is 6.01 Å². The van der Waals surface area contributed by atoms with Gasteiger partial charge in [-0.25, -0.2) is 0 Å². The fraction of sp³-hybridized carbons (Fsp3) is 0.750. The van der Waals surface area contributed by atoms with Crippen molar-refractivity contribution in [1.82, 2.24) is 15.0 Å². The third kappa shape index (κ3) is 4.12. The number of thioether (sulfide) groups is 1. The monoisotopic (exact) mass is 283 g/mol. The Morgan fingerprint density at radius 1 is 1.26 bits per heavy atom. The Balaban J connectivity index is 1.95. The van der Waals surface area contributed by atoms with Crippen LogP contribution in [0.4, 0.5) is 11.9 Å². The zero-order valence-electron chi connectivity index (χ0n) is 11.4. The summed E-state index contributed by atoms with van der Waals surface area (Å²) in [5.74, 6) is 0.710. The van der Waals surface area contributed by atoms with Gasteiger partial charge in [0.25, 0.3) is 0 Å². The summed E-state index contributed by atoms with van der Waals surface area (Å²) in [6.45, 7) is 2.40. The van der Waals surface area contributed by atoms with Gasteiger partial charge in [-0.2, -0.15) is 26.7 Å². The smallest absolute Gasteiger partial charge is 0.323 e. The van der Waals surface area contributed by atoms with Gasteiger partial charge < -0.3 is 15.8 Å². The Bertz CT molecular complexity index is 409. The number of ether oxygens (including phenoxy) is 1. The molecule has 7 heteroatoms. The average molecular weight is 283 g/mol. The first kappa shape index (κ1) is 14.2. The first-order valence-corrected chi connectivity index (χ1v) is 7.93. The Morgan fingerprint density at radius 2 is 2.00 bits per heavy atom. The van der Waals surface area contributed by atoms with E-state index < -0.39 is 0 Å². The summed E-state index contributed by atoms with van der Waals surface area (Å²) >= 11 is 1.96. The van der Waals surface area contributed by atoms with Crippen LogP contribution in [0.1, 0.15) is 32.6 Å². The second kappa shape index (κ2) is 6.79. The molecule has 2 rings (SSSR count). The van der Waals surface area contributed by atoms with Gasteiger partial charge in [-0.1, -0.05) is 0 Å². The molecule has 1 aromatic rings. The maximum atomic E-state index is 5.65. The Kier molecular flexibility index (Phi) is 5.07. The van der Waals surface area contributed by atoms with Gasteiger partial charge in [0.1, 0.15) is 0 Å². The van der Waals surface area contributed by atoms with Gasteiger partial charge in [0.2, 0.25) is 11.9 Å². The van der Waals surface area contributed by atoms with Gasteiger partial charge in [-0.15, -0.1) is 0 Å². The van der Waals surface area contributed by atoms with Crippen molar-refractivity contribution in [2.75, 3.05) is 23.9 Å². The van der Waals surface area contributed by atoms with E-state index in [-0.39, 0.29) is 12.0 Å². The van der Waals surface area contributed by atoms with Crippen molar-refractivity contribution >= 4 is 23.7 Å². The van der Waals surface area contributed by atoms with E-state index in [1.165, 1.54) is 12.8 Å². The lowest BCUT2D eigenvalue weighted by molar-refractivity contribution is 0.312. The molecule has 1 saturated carbocycles. The number of anilines is 2. The van der Waals surface area contributed by atoms with E-state index in [1.54, 1.807) is 0 Å². The van der Waals surface area contributed by atoms with E-state index in [0.717, 1.165) is 18.1 Å². The predicted octanol–water partition coefficient (Wildman–Crippen LogP) is 1.94. The van der Waals surface area contributed by atoms with Crippen LogP contribution >= 0.6 is 11.8 Å². The Labute approximate surface area is 117 Å². The number of nitrogen functional groups attached to an aromatic ring is 1. The average Bonchev–Trinajstić information content (AvgIpc) is 2.39. The van der Waals surface area contributed by atoms with Gasteiger partial charge in [0.05, 0.1) is 6.61 Å². The summed E-state index contributed by atoms with van der Waals surface area (Å²) in [5, 5.41) is 4.13. The minimum atomic E-state index is 0.193. The maximum Gasteiger partial charge on any atom is 0.323 e. The quantitative estimate of drug-likeness (QED) is 0.854. The molecule has 1 fully saturated rings. The first-order chi connectivity index (χ1) is 9.21. The third-order valence-corrected chi connectivity index (χ3v) is 4.38. The second-order valence-corrected chi connectivity index (χ2v) is 5.72. The van der Waals surface area contributed by atoms with Gasteiger partial charge in [-0.05, 0) is 38.9 Å². The number of aromatic nitrogens is 3. The van der Waals surface area contributed by atoms with Crippen molar-refractivity contribution in [3.8, 4) is 6.01 Å². The molecule has 1 aliphatic carbocycles.